The van der Waals surface area contributed by atoms with Crippen LogP contribution in [0.15, 0.2) is 77.7 Å². The molecular formula is C20H17FN2O3S. The monoisotopic (exact) mass is 384 g/mol. The summed E-state index contributed by atoms with van der Waals surface area (Å²) in [6.07, 6.45) is 0. The molecule has 0 aliphatic carbocycles. The second-order valence-corrected chi connectivity index (χ2v) is 7.59. The Morgan fingerprint density at radius 1 is 0.926 bits per heavy atom. The maximum Gasteiger partial charge on any atom is 0.261 e. The molecule has 0 spiro atoms. The highest BCUT2D eigenvalue weighted by atomic mass is 32.2. The molecule has 5 nitrogen and oxygen atoms in total. The third kappa shape index (κ3) is 4.51. The van der Waals surface area contributed by atoms with Crippen LogP contribution in [0, 0.1) is 12.7 Å². The topological polar surface area (TPSA) is 75.3 Å². The second-order valence-electron chi connectivity index (χ2n) is 5.91. The van der Waals surface area contributed by atoms with Gasteiger partial charge in [-0.1, -0.05) is 24.3 Å². The van der Waals surface area contributed by atoms with E-state index in [2.05, 4.69) is 10.0 Å². The Hall–Kier alpha value is -3.19. The summed E-state index contributed by atoms with van der Waals surface area (Å²) in [7, 11) is -3.77. The van der Waals surface area contributed by atoms with Gasteiger partial charge in [-0.2, -0.15) is 0 Å². The largest absolute Gasteiger partial charge is 0.322 e. The number of carbonyl (C=O) groups is 1. The van der Waals surface area contributed by atoms with Gasteiger partial charge in [0.1, 0.15) is 5.82 Å². The second kappa shape index (κ2) is 7.59. The molecule has 3 aromatic carbocycles. The van der Waals surface area contributed by atoms with Crippen molar-refractivity contribution in [1.82, 2.24) is 0 Å². The van der Waals surface area contributed by atoms with E-state index in [1.54, 1.807) is 37.3 Å². The van der Waals surface area contributed by atoms with Crippen molar-refractivity contribution >= 4 is 27.3 Å². The lowest BCUT2D eigenvalue weighted by Crippen LogP contribution is -2.16. The lowest BCUT2D eigenvalue weighted by molar-refractivity contribution is 0.102. The first kappa shape index (κ1) is 18.6. The highest BCUT2D eigenvalue weighted by Gasteiger charge is 2.16. The van der Waals surface area contributed by atoms with Crippen LogP contribution < -0.4 is 10.0 Å². The van der Waals surface area contributed by atoms with Crippen LogP contribution in [0.1, 0.15) is 15.9 Å². The number of anilines is 2. The Balaban J connectivity index is 1.84. The Morgan fingerprint density at radius 3 is 2.26 bits per heavy atom. The van der Waals surface area contributed by atoms with E-state index in [9.17, 15) is 17.6 Å². The lowest BCUT2D eigenvalue weighted by Gasteiger charge is -2.12. The fourth-order valence-electron chi connectivity index (χ4n) is 2.41. The molecular weight excluding hydrogens is 367 g/mol. The van der Waals surface area contributed by atoms with Crippen molar-refractivity contribution in [3.63, 3.8) is 0 Å². The first-order valence-electron chi connectivity index (χ1n) is 8.10. The fraction of sp³-hybridized carbons (Fsp3) is 0.0500. The van der Waals surface area contributed by atoms with Gasteiger partial charge in [-0.05, 0) is 61.0 Å². The van der Waals surface area contributed by atoms with Gasteiger partial charge in [-0.25, -0.2) is 12.8 Å². The minimum absolute atomic E-state index is 0.130. The molecule has 3 aromatic rings. The SMILES string of the molecule is Cc1ccc(C(=O)Nc2ccc(F)cc2)cc1NS(=O)(=O)c1ccccc1. The first-order chi connectivity index (χ1) is 12.8. The summed E-state index contributed by atoms with van der Waals surface area (Å²) in [6.45, 7) is 1.74. The molecule has 7 heteroatoms. The van der Waals surface area contributed by atoms with Crippen LogP contribution in [0.5, 0.6) is 0 Å². The van der Waals surface area contributed by atoms with Crippen LogP contribution in [-0.4, -0.2) is 14.3 Å². The zero-order chi connectivity index (χ0) is 19.4. The number of sulfonamides is 1. The third-order valence-corrected chi connectivity index (χ3v) is 5.28. The molecule has 27 heavy (non-hydrogen) atoms. The van der Waals surface area contributed by atoms with Crippen molar-refractivity contribution in [2.24, 2.45) is 0 Å². The minimum atomic E-state index is -3.77. The van der Waals surface area contributed by atoms with Crippen LogP contribution in [0.25, 0.3) is 0 Å². The number of halogens is 1. The molecule has 1 amide bonds. The van der Waals surface area contributed by atoms with E-state index in [4.69, 9.17) is 0 Å². The molecule has 0 bridgehead atoms. The van der Waals surface area contributed by atoms with E-state index in [-0.39, 0.29) is 10.5 Å². The molecule has 0 radical (unpaired) electrons. The number of amides is 1. The van der Waals surface area contributed by atoms with Gasteiger partial charge in [-0.3, -0.25) is 9.52 Å². The maximum absolute atomic E-state index is 13.0. The van der Waals surface area contributed by atoms with Crippen LogP contribution in [0.2, 0.25) is 0 Å². The van der Waals surface area contributed by atoms with Gasteiger partial charge in [0.2, 0.25) is 0 Å². The highest BCUT2D eigenvalue weighted by molar-refractivity contribution is 7.92. The molecule has 0 heterocycles. The lowest BCUT2D eigenvalue weighted by atomic mass is 10.1. The molecule has 0 saturated heterocycles. The van der Waals surface area contributed by atoms with Crippen molar-refractivity contribution in [3.05, 3.63) is 89.7 Å². The van der Waals surface area contributed by atoms with Crippen molar-refractivity contribution < 1.29 is 17.6 Å². The predicted octanol–water partition coefficient (Wildman–Crippen LogP) is 4.19. The van der Waals surface area contributed by atoms with Crippen molar-refractivity contribution in [2.45, 2.75) is 11.8 Å². The summed E-state index contributed by atoms with van der Waals surface area (Å²) >= 11 is 0. The third-order valence-electron chi connectivity index (χ3n) is 3.90. The molecule has 138 valence electrons. The van der Waals surface area contributed by atoms with Gasteiger partial charge < -0.3 is 5.32 Å². The summed E-state index contributed by atoms with van der Waals surface area (Å²) in [5, 5.41) is 2.64. The van der Waals surface area contributed by atoms with E-state index in [0.29, 0.717) is 16.9 Å². The molecule has 0 unspecified atom stereocenters. The Labute approximate surface area is 156 Å². The van der Waals surface area contributed by atoms with Gasteiger partial charge >= 0.3 is 0 Å². The van der Waals surface area contributed by atoms with Gasteiger partial charge in [0.25, 0.3) is 15.9 Å². The van der Waals surface area contributed by atoms with E-state index in [1.165, 1.54) is 42.5 Å². The van der Waals surface area contributed by atoms with Crippen molar-refractivity contribution in [3.8, 4) is 0 Å². The molecule has 0 saturated carbocycles. The fourth-order valence-corrected chi connectivity index (χ4v) is 3.56. The predicted molar refractivity (Wildman–Crippen MR) is 103 cm³/mol. The number of hydrogen-bond donors (Lipinski definition) is 2. The summed E-state index contributed by atoms with van der Waals surface area (Å²) < 4.78 is 40.5. The van der Waals surface area contributed by atoms with E-state index in [0.717, 1.165) is 0 Å². The average Bonchev–Trinajstić information content (AvgIpc) is 2.66. The zero-order valence-corrected chi connectivity index (χ0v) is 15.3. The van der Waals surface area contributed by atoms with E-state index >= 15 is 0 Å². The maximum atomic E-state index is 13.0. The van der Waals surface area contributed by atoms with E-state index < -0.39 is 21.7 Å². The zero-order valence-electron chi connectivity index (χ0n) is 14.4. The van der Waals surface area contributed by atoms with Gasteiger partial charge in [0.05, 0.1) is 10.6 Å². The molecule has 0 atom stereocenters. The quantitative estimate of drug-likeness (QED) is 0.693. The Kier molecular flexibility index (Phi) is 5.23. The standard InChI is InChI=1S/C20H17FN2O3S/c1-14-7-8-15(20(24)22-17-11-9-16(21)10-12-17)13-19(14)23-27(25,26)18-5-3-2-4-6-18/h2-13,23H,1H3,(H,22,24). The minimum Gasteiger partial charge on any atom is -0.322 e. The number of benzene rings is 3. The van der Waals surface area contributed by atoms with Gasteiger partial charge in [0, 0.05) is 11.3 Å². The van der Waals surface area contributed by atoms with Gasteiger partial charge in [-0.15, -0.1) is 0 Å². The Bertz CT molecular complexity index is 1070. The smallest absolute Gasteiger partial charge is 0.261 e. The normalized spacial score (nSPS) is 11.0. The average molecular weight is 384 g/mol. The molecule has 0 fully saturated rings. The summed E-state index contributed by atoms with van der Waals surface area (Å²) in [5.74, 6) is -0.831. The van der Waals surface area contributed by atoms with Gasteiger partial charge in [0.15, 0.2) is 0 Å². The van der Waals surface area contributed by atoms with Crippen LogP contribution in [-0.2, 0) is 10.0 Å². The van der Waals surface area contributed by atoms with Crippen LogP contribution in [0.3, 0.4) is 0 Å². The molecule has 0 aliphatic rings. The Morgan fingerprint density at radius 2 is 1.59 bits per heavy atom. The first-order valence-corrected chi connectivity index (χ1v) is 9.59. The van der Waals surface area contributed by atoms with Crippen molar-refractivity contribution in [1.29, 1.82) is 0 Å². The van der Waals surface area contributed by atoms with E-state index in [1.807, 2.05) is 0 Å². The number of nitrogens with one attached hydrogen (secondary N) is 2. The molecule has 2 N–H and O–H groups in total. The van der Waals surface area contributed by atoms with Crippen LogP contribution in [0.4, 0.5) is 15.8 Å². The molecule has 0 aromatic heterocycles. The number of carbonyl (C=O) groups excluding carboxylic acids is 1. The summed E-state index contributed by atoms with van der Waals surface area (Å²) in [4.78, 5) is 12.5. The number of aryl methyl sites for hydroxylation is 1. The van der Waals surface area contributed by atoms with Crippen molar-refractivity contribution in [2.75, 3.05) is 10.0 Å². The highest BCUT2D eigenvalue weighted by Crippen LogP contribution is 2.22. The number of rotatable bonds is 5. The number of hydrogen-bond acceptors (Lipinski definition) is 3. The summed E-state index contributed by atoms with van der Waals surface area (Å²) in [6, 6.07) is 18.1. The summed E-state index contributed by atoms with van der Waals surface area (Å²) in [5.41, 5.74) is 1.70. The van der Waals surface area contributed by atoms with Crippen LogP contribution >= 0.6 is 0 Å². The molecule has 3 rings (SSSR count). The molecule has 0 aliphatic heterocycles.